The van der Waals surface area contributed by atoms with Crippen LogP contribution in [0.5, 0.6) is 0 Å². The molecular formula is C18H26N6O2. The summed E-state index contributed by atoms with van der Waals surface area (Å²) < 4.78 is 5.82. The van der Waals surface area contributed by atoms with Gasteiger partial charge in [-0.25, -0.2) is 4.98 Å². The molecule has 0 aromatic carbocycles. The van der Waals surface area contributed by atoms with Crippen molar-refractivity contribution in [3.63, 3.8) is 0 Å². The van der Waals surface area contributed by atoms with E-state index in [0.717, 1.165) is 32.6 Å². The summed E-state index contributed by atoms with van der Waals surface area (Å²) in [6.45, 7) is 9.49. The van der Waals surface area contributed by atoms with Gasteiger partial charge in [0.05, 0.1) is 11.6 Å². The second-order valence-electron chi connectivity index (χ2n) is 7.07. The number of primary amides is 1. The Kier molecular flexibility index (Phi) is 5.51. The minimum atomic E-state index is -0.451. The van der Waals surface area contributed by atoms with Crippen molar-refractivity contribution >= 4 is 11.7 Å². The molecule has 2 aromatic heterocycles. The molecule has 3 heterocycles. The molecule has 2 aromatic rings. The van der Waals surface area contributed by atoms with Gasteiger partial charge in [0.2, 0.25) is 11.8 Å². The largest absolute Gasteiger partial charge is 0.424 e. The van der Waals surface area contributed by atoms with Crippen LogP contribution < -0.4 is 10.6 Å². The molecule has 1 saturated heterocycles. The summed E-state index contributed by atoms with van der Waals surface area (Å²) >= 11 is 0. The average molecular weight is 358 g/mol. The molecule has 1 fully saturated rings. The van der Waals surface area contributed by atoms with E-state index in [0.29, 0.717) is 29.1 Å². The average Bonchev–Trinajstić information content (AvgIpc) is 3.09. The summed E-state index contributed by atoms with van der Waals surface area (Å²) in [7, 11) is 0. The number of nitrogens with two attached hydrogens (primary N) is 1. The highest BCUT2D eigenvalue weighted by Gasteiger charge is 2.27. The van der Waals surface area contributed by atoms with Gasteiger partial charge in [0, 0.05) is 38.8 Å². The second-order valence-corrected chi connectivity index (χ2v) is 7.07. The first-order valence-corrected chi connectivity index (χ1v) is 9.01. The topological polar surface area (TPSA) is 101 Å². The SMILES string of the molecule is CC(C)Cc1nnc([C@H](C)N2CCN(c3ncccc3C(N)=O)CC2)o1. The predicted octanol–water partition coefficient (Wildman–Crippen LogP) is 1.65. The maximum atomic E-state index is 11.6. The van der Waals surface area contributed by atoms with Crippen LogP contribution in [0.25, 0.3) is 0 Å². The number of carbonyl (C=O) groups excluding carboxylic acids is 1. The van der Waals surface area contributed by atoms with Crippen molar-refractivity contribution in [1.29, 1.82) is 0 Å². The molecule has 0 aliphatic carbocycles. The number of amides is 1. The first-order valence-electron chi connectivity index (χ1n) is 9.01. The molecule has 0 saturated carbocycles. The summed E-state index contributed by atoms with van der Waals surface area (Å²) in [5.74, 6) is 2.04. The van der Waals surface area contributed by atoms with E-state index < -0.39 is 5.91 Å². The molecule has 1 atom stereocenters. The Morgan fingerprint density at radius 2 is 1.96 bits per heavy atom. The third-order valence-electron chi connectivity index (χ3n) is 4.64. The number of pyridine rings is 1. The lowest BCUT2D eigenvalue weighted by molar-refractivity contribution is 0.1000. The van der Waals surface area contributed by atoms with Crippen LogP contribution in [-0.4, -0.2) is 52.2 Å². The molecule has 0 radical (unpaired) electrons. The van der Waals surface area contributed by atoms with E-state index in [1.807, 2.05) is 0 Å². The Morgan fingerprint density at radius 1 is 1.23 bits per heavy atom. The maximum absolute atomic E-state index is 11.6. The van der Waals surface area contributed by atoms with Gasteiger partial charge < -0.3 is 15.1 Å². The molecule has 8 nitrogen and oxygen atoms in total. The number of rotatable bonds is 6. The number of hydrogen-bond acceptors (Lipinski definition) is 7. The van der Waals surface area contributed by atoms with Crippen LogP contribution in [0.15, 0.2) is 22.7 Å². The highest BCUT2D eigenvalue weighted by atomic mass is 16.4. The highest BCUT2D eigenvalue weighted by molar-refractivity contribution is 5.97. The standard InChI is InChI=1S/C18H26N6O2/c1-12(2)11-15-21-22-18(26-15)13(3)23-7-9-24(10-8-23)17-14(16(19)25)5-4-6-20-17/h4-6,12-13H,7-11H2,1-3H3,(H2,19,25)/t13-/m0/s1. The number of anilines is 1. The minimum absolute atomic E-state index is 0.0601. The van der Waals surface area contributed by atoms with Crippen LogP contribution >= 0.6 is 0 Å². The van der Waals surface area contributed by atoms with Gasteiger partial charge in [0.1, 0.15) is 5.82 Å². The van der Waals surface area contributed by atoms with Gasteiger partial charge >= 0.3 is 0 Å². The van der Waals surface area contributed by atoms with Gasteiger partial charge in [-0.15, -0.1) is 10.2 Å². The Balaban J connectivity index is 1.63. The van der Waals surface area contributed by atoms with Crippen molar-refractivity contribution in [2.45, 2.75) is 33.2 Å². The van der Waals surface area contributed by atoms with Gasteiger partial charge in [-0.05, 0) is 25.0 Å². The molecular weight excluding hydrogens is 332 g/mol. The zero-order valence-corrected chi connectivity index (χ0v) is 15.6. The van der Waals surface area contributed by atoms with Crippen LogP contribution in [0, 0.1) is 5.92 Å². The molecule has 2 N–H and O–H groups in total. The van der Waals surface area contributed by atoms with Crippen LogP contribution in [0.3, 0.4) is 0 Å². The smallest absolute Gasteiger partial charge is 0.252 e. The maximum Gasteiger partial charge on any atom is 0.252 e. The lowest BCUT2D eigenvalue weighted by Crippen LogP contribution is -2.48. The summed E-state index contributed by atoms with van der Waals surface area (Å²) in [5.41, 5.74) is 5.93. The van der Waals surface area contributed by atoms with E-state index in [4.69, 9.17) is 10.2 Å². The molecule has 26 heavy (non-hydrogen) atoms. The second kappa shape index (κ2) is 7.82. The molecule has 0 spiro atoms. The number of hydrogen-bond donors (Lipinski definition) is 1. The van der Waals surface area contributed by atoms with Gasteiger partial charge in [0.25, 0.3) is 5.91 Å². The van der Waals surface area contributed by atoms with Crippen molar-refractivity contribution in [2.75, 3.05) is 31.1 Å². The number of aromatic nitrogens is 3. The first kappa shape index (κ1) is 18.3. The van der Waals surface area contributed by atoms with E-state index in [9.17, 15) is 4.79 Å². The van der Waals surface area contributed by atoms with E-state index in [2.05, 4.69) is 45.8 Å². The quantitative estimate of drug-likeness (QED) is 0.837. The highest BCUT2D eigenvalue weighted by Crippen LogP contribution is 2.24. The Morgan fingerprint density at radius 3 is 2.62 bits per heavy atom. The molecule has 8 heteroatoms. The third kappa shape index (κ3) is 4.01. The fourth-order valence-corrected chi connectivity index (χ4v) is 3.19. The lowest BCUT2D eigenvalue weighted by atomic mass is 10.1. The van der Waals surface area contributed by atoms with Crippen LogP contribution in [0.4, 0.5) is 5.82 Å². The first-order chi connectivity index (χ1) is 12.5. The van der Waals surface area contributed by atoms with Gasteiger partial charge in [-0.2, -0.15) is 0 Å². The summed E-state index contributed by atoms with van der Waals surface area (Å²) in [6.07, 6.45) is 2.48. The minimum Gasteiger partial charge on any atom is -0.424 e. The Hall–Kier alpha value is -2.48. The van der Waals surface area contributed by atoms with Crippen LogP contribution in [0.2, 0.25) is 0 Å². The van der Waals surface area contributed by atoms with Gasteiger partial charge in [-0.1, -0.05) is 13.8 Å². The molecule has 140 valence electrons. The summed E-state index contributed by atoms with van der Waals surface area (Å²) in [5, 5.41) is 8.36. The molecule has 0 unspecified atom stereocenters. The van der Waals surface area contributed by atoms with Crippen LogP contribution in [0.1, 0.15) is 49.0 Å². The van der Waals surface area contributed by atoms with Crippen molar-refractivity contribution < 1.29 is 9.21 Å². The number of nitrogens with zero attached hydrogens (tertiary/aromatic N) is 5. The van der Waals surface area contributed by atoms with Crippen molar-refractivity contribution in [1.82, 2.24) is 20.1 Å². The molecule has 1 aliphatic rings. The zero-order chi connectivity index (χ0) is 18.7. The summed E-state index contributed by atoms with van der Waals surface area (Å²) in [6, 6.07) is 3.51. The number of carbonyl (C=O) groups is 1. The fourth-order valence-electron chi connectivity index (χ4n) is 3.19. The van der Waals surface area contributed by atoms with Gasteiger partial charge in [0.15, 0.2) is 0 Å². The summed E-state index contributed by atoms with van der Waals surface area (Å²) in [4.78, 5) is 20.4. The van der Waals surface area contributed by atoms with E-state index in [1.165, 1.54) is 0 Å². The lowest BCUT2D eigenvalue weighted by Gasteiger charge is -2.37. The number of piperazine rings is 1. The Bertz CT molecular complexity index is 752. The fraction of sp³-hybridized carbons (Fsp3) is 0.556. The normalized spacial score (nSPS) is 16.8. The van der Waals surface area contributed by atoms with Crippen molar-refractivity contribution in [3.8, 4) is 0 Å². The van der Waals surface area contributed by atoms with Gasteiger partial charge in [-0.3, -0.25) is 9.69 Å². The van der Waals surface area contributed by atoms with Crippen LogP contribution in [-0.2, 0) is 6.42 Å². The zero-order valence-electron chi connectivity index (χ0n) is 15.6. The molecule has 0 bridgehead atoms. The van der Waals surface area contributed by atoms with Crippen molar-refractivity contribution in [2.24, 2.45) is 11.7 Å². The van der Waals surface area contributed by atoms with Crippen molar-refractivity contribution in [3.05, 3.63) is 35.7 Å². The molecule has 1 amide bonds. The van der Waals surface area contributed by atoms with E-state index >= 15 is 0 Å². The molecule has 1 aliphatic heterocycles. The third-order valence-corrected chi connectivity index (χ3v) is 4.64. The predicted molar refractivity (Wildman–Crippen MR) is 97.8 cm³/mol. The van der Waals surface area contributed by atoms with E-state index in [1.54, 1.807) is 18.3 Å². The molecule has 3 rings (SSSR count). The Labute approximate surface area is 153 Å². The monoisotopic (exact) mass is 358 g/mol. The van der Waals surface area contributed by atoms with E-state index in [-0.39, 0.29) is 6.04 Å².